The van der Waals surface area contributed by atoms with Crippen molar-refractivity contribution < 1.29 is 4.79 Å². The summed E-state index contributed by atoms with van der Waals surface area (Å²) in [6.45, 7) is 5.96. The van der Waals surface area contributed by atoms with Crippen LogP contribution < -0.4 is 5.32 Å². The third kappa shape index (κ3) is 4.40. The maximum absolute atomic E-state index is 10.9. The lowest BCUT2D eigenvalue weighted by atomic mass is 10.2. The van der Waals surface area contributed by atoms with Crippen LogP contribution in [0.5, 0.6) is 0 Å². The van der Waals surface area contributed by atoms with E-state index < -0.39 is 0 Å². The number of carbonyl (C=O) groups excluding carboxylic acids is 1. The van der Waals surface area contributed by atoms with Gasteiger partial charge in [-0.2, -0.15) is 0 Å². The highest BCUT2D eigenvalue weighted by Crippen LogP contribution is 2.09. The normalized spacial score (nSPS) is 15.6. The van der Waals surface area contributed by atoms with Gasteiger partial charge in [0.2, 0.25) is 5.91 Å². The number of nitrogens with one attached hydrogen (secondary N) is 1. The first-order chi connectivity index (χ1) is 5.11. The average Bonchev–Trinajstić information content (AvgIpc) is 2.02. The molecule has 0 bridgehead atoms. The molecule has 2 atom stereocenters. The molecular weight excluding hydrogens is 206 g/mol. The van der Waals surface area contributed by atoms with Crippen molar-refractivity contribution in [1.29, 1.82) is 0 Å². The van der Waals surface area contributed by atoms with Gasteiger partial charge in [0, 0.05) is 17.3 Å². The first-order valence-corrected chi connectivity index (χ1v) is 4.96. The van der Waals surface area contributed by atoms with E-state index in [0.29, 0.717) is 11.2 Å². The van der Waals surface area contributed by atoms with Crippen LogP contribution in [0.15, 0.2) is 0 Å². The summed E-state index contributed by atoms with van der Waals surface area (Å²) in [7, 11) is 0. The molecule has 0 aliphatic carbocycles. The van der Waals surface area contributed by atoms with E-state index in [-0.39, 0.29) is 11.9 Å². The van der Waals surface area contributed by atoms with E-state index in [0.717, 1.165) is 6.42 Å². The summed E-state index contributed by atoms with van der Waals surface area (Å²) < 4.78 is 0. The first kappa shape index (κ1) is 11.0. The summed E-state index contributed by atoms with van der Waals surface area (Å²) >= 11 is 3.49. The summed E-state index contributed by atoms with van der Waals surface area (Å²) in [5, 5.41) is 2.89. The van der Waals surface area contributed by atoms with Crippen LogP contribution in [0.4, 0.5) is 0 Å². The molecule has 0 saturated carbocycles. The zero-order valence-electron chi connectivity index (χ0n) is 7.36. The number of alkyl halides is 1. The molecule has 2 nitrogen and oxygen atoms in total. The lowest BCUT2D eigenvalue weighted by molar-refractivity contribution is -0.121. The fourth-order valence-corrected chi connectivity index (χ4v) is 0.932. The van der Waals surface area contributed by atoms with E-state index in [1.807, 2.05) is 13.8 Å². The Hall–Kier alpha value is -0.0500. The van der Waals surface area contributed by atoms with Gasteiger partial charge in [-0.3, -0.25) is 4.79 Å². The number of hydrogen-bond donors (Lipinski definition) is 1. The van der Waals surface area contributed by atoms with Crippen molar-refractivity contribution in [3.8, 4) is 0 Å². The summed E-state index contributed by atoms with van der Waals surface area (Å²) in [6.07, 6.45) is 1.60. The van der Waals surface area contributed by atoms with Crippen molar-refractivity contribution in [3.63, 3.8) is 0 Å². The Morgan fingerprint density at radius 3 is 2.45 bits per heavy atom. The third-order valence-electron chi connectivity index (χ3n) is 1.64. The Labute approximate surface area is 76.9 Å². The van der Waals surface area contributed by atoms with Gasteiger partial charge in [-0.15, -0.1) is 0 Å². The number of amides is 1. The minimum atomic E-state index is 0.121. The Balaban J connectivity index is 3.67. The van der Waals surface area contributed by atoms with E-state index in [2.05, 4.69) is 28.2 Å². The predicted octanol–water partition coefficient (Wildman–Crippen LogP) is 2.07. The van der Waals surface area contributed by atoms with Gasteiger partial charge in [0.25, 0.3) is 0 Å². The fraction of sp³-hybridized carbons (Fsp3) is 0.875. The van der Waals surface area contributed by atoms with Crippen LogP contribution in [0.25, 0.3) is 0 Å². The lowest BCUT2D eigenvalue weighted by Gasteiger charge is -2.17. The molecule has 11 heavy (non-hydrogen) atoms. The number of rotatable bonds is 4. The summed E-state index contributed by atoms with van der Waals surface area (Å²) in [4.78, 5) is 11.3. The second-order valence-electron chi connectivity index (χ2n) is 2.63. The van der Waals surface area contributed by atoms with E-state index in [9.17, 15) is 4.79 Å². The molecular formula is C8H16BrNO. The second-order valence-corrected chi connectivity index (χ2v) is 3.81. The molecule has 0 radical (unpaired) electrons. The topological polar surface area (TPSA) is 29.1 Å². The van der Waals surface area contributed by atoms with Crippen molar-refractivity contribution in [2.45, 2.75) is 44.5 Å². The molecule has 1 amide bonds. The smallest absolute Gasteiger partial charge is 0.219 e. The SMILES string of the molecule is CCC(=O)NC(C)C(Br)CC. The van der Waals surface area contributed by atoms with Crippen LogP contribution in [0, 0.1) is 0 Å². The van der Waals surface area contributed by atoms with Crippen LogP contribution in [-0.2, 0) is 4.79 Å². The highest BCUT2D eigenvalue weighted by molar-refractivity contribution is 9.09. The van der Waals surface area contributed by atoms with Gasteiger partial charge in [-0.05, 0) is 13.3 Å². The molecule has 0 saturated heterocycles. The third-order valence-corrected chi connectivity index (χ3v) is 3.08. The maximum atomic E-state index is 10.9. The number of hydrogen-bond acceptors (Lipinski definition) is 1. The second kappa shape index (κ2) is 5.58. The van der Waals surface area contributed by atoms with Gasteiger partial charge in [0.15, 0.2) is 0 Å². The molecule has 0 rings (SSSR count). The lowest BCUT2D eigenvalue weighted by Crippen LogP contribution is -2.37. The van der Waals surface area contributed by atoms with Crippen LogP contribution in [0.1, 0.15) is 33.6 Å². The quantitative estimate of drug-likeness (QED) is 0.725. The van der Waals surface area contributed by atoms with Crippen LogP contribution in [-0.4, -0.2) is 16.8 Å². The van der Waals surface area contributed by atoms with Crippen molar-refractivity contribution in [1.82, 2.24) is 5.32 Å². The Morgan fingerprint density at radius 1 is 1.55 bits per heavy atom. The van der Waals surface area contributed by atoms with Gasteiger partial charge in [0.1, 0.15) is 0 Å². The zero-order valence-corrected chi connectivity index (χ0v) is 8.94. The first-order valence-electron chi connectivity index (χ1n) is 4.05. The van der Waals surface area contributed by atoms with Crippen molar-refractivity contribution in [2.75, 3.05) is 0 Å². The average molecular weight is 222 g/mol. The zero-order chi connectivity index (χ0) is 8.85. The molecule has 0 aliphatic heterocycles. The number of carbonyl (C=O) groups is 1. The van der Waals surface area contributed by atoms with Crippen LogP contribution in [0.3, 0.4) is 0 Å². The van der Waals surface area contributed by atoms with Gasteiger partial charge in [-0.1, -0.05) is 29.8 Å². The standard InChI is InChI=1S/C8H16BrNO/c1-4-7(9)6(3)10-8(11)5-2/h6-7H,4-5H2,1-3H3,(H,10,11). The van der Waals surface area contributed by atoms with E-state index in [1.165, 1.54) is 0 Å². The van der Waals surface area contributed by atoms with Crippen molar-refractivity contribution in [3.05, 3.63) is 0 Å². The Kier molecular flexibility index (Phi) is 5.56. The molecule has 0 heterocycles. The molecule has 0 aliphatic rings. The molecule has 0 spiro atoms. The molecule has 0 aromatic rings. The fourth-order valence-electron chi connectivity index (χ4n) is 0.800. The highest BCUT2D eigenvalue weighted by atomic mass is 79.9. The molecule has 1 N–H and O–H groups in total. The van der Waals surface area contributed by atoms with Gasteiger partial charge in [0.05, 0.1) is 0 Å². The number of halogens is 1. The van der Waals surface area contributed by atoms with Crippen LogP contribution >= 0.6 is 15.9 Å². The summed E-state index contributed by atoms with van der Waals surface area (Å²) in [5.74, 6) is 0.121. The minimum absolute atomic E-state index is 0.121. The Bertz CT molecular complexity index is 127. The minimum Gasteiger partial charge on any atom is -0.353 e. The predicted molar refractivity (Wildman–Crippen MR) is 50.9 cm³/mol. The molecule has 0 aromatic heterocycles. The molecule has 66 valence electrons. The van der Waals surface area contributed by atoms with Gasteiger partial charge >= 0.3 is 0 Å². The summed E-state index contributed by atoms with van der Waals surface area (Å²) in [5.41, 5.74) is 0. The van der Waals surface area contributed by atoms with Crippen molar-refractivity contribution >= 4 is 21.8 Å². The molecule has 3 heteroatoms. The molecule has 0 aromatic carbocycles. The monoisotopic (exact) mass is 221 g/mol. The van der Waals surface area contributed by atoms with Crippen molar-refractivity contribution in [2.24, 2.45) is 0 Å². The van der Waals surface area contributed by atoms with Gasteiger partial charge < -0.3 is 5.32 Å². The molecule has 2 unspecified atom stereocenters. The van der Waals surface area contributed by atoms with Crippen LogP contribution in [0.2, 0.25) is 0 Å². The largest absolute Gasteiger partial charge is 0.353 e. The highest BCUT2D eigenvalue weighted by Gasteiger charge is 2.12. The van der Waals surface area contributed by atoms with Gasteiger partial charge in [-0.25, -0.2) is 0 Å². The maximum Gasteiger partial charge on any atom is 0.219 e. The Morgan fingerprint density at radius 2 is 2.09 bits per heavy atom. The van der Waals surface area contributed by atoms with E-state index in [1.54, 1.807) is 0 Å². The summed E-state index contributed by atoms with van der Waals surface area (Å²) in [6, 6.07) is 0.229. The van der Waals surface area contributed by atoms with E-state index >= 15 is 0 Å². The van der Waals surface area contributed by atoms with E-state index in [4.69, 9.17) is 0 Å². The molecule has 0 fully saturated rings.